The predicted octanol–water partition coefficient (Wildman–Crippen LogP) is 2.73. The van der Waals surface area contributed by atoms with Crippen molar-refractivity contribution in [3.05, 3.63) is 0 Å². The normalized spacial score (nSPS) is 26.1. The average Bonchev–Trinajstić information content (AvgIpc) is 2.29. The Kier molecular flexibility index (Phi) is 5.39. The van der Waals surface area contributed by atoms with Crippen molar-refractivity contribution in [1.82, 2.24) is 10.2 Å². The smallest absolute Gasteiger partial charge is 0.194 e. The maximum absolute atomic E-state index is 5.30. The van der Waals surface area contributed by atoms with Gasteiger partial charge in [0, 0.05) is 29.5 Å². The number of ether oxygens (including phenoxy) is 1. The van der Waals surface area contributed by atoms with Crippen LogP contribution in [0, 0.1) is 10.8 Å². The van der Waals surface area contributed by atoms with Crippen molar-refractivity contribution >= 4 is 29.9 Å². The van der Waals surface area contributed by atoms with Gasteiger partial charge in [-0.2, -0.15) is 0 Å². The third kappa shape index (κ3) is 3.08. The molecule has 2 fully saturated rings. The molecule has 2 saturated heterocycles. The lowest BCUT2D eigenvalue weighted by Crippen LogP contribution is -2.72. The minimum atomic E-state index is 0. The molecule has 0 amide bonds. The molecular weight excluding hydrogens is 365 g/mol. The van der Waals surface area contributed by atoms with E-state index in [9.17, 15) is 0 Å². The number of rotatable bonds is 3. The zero-order chi connectivity index (χ0) is 14.3. The zero-order valence-electron chi connectivity index (χ0n) is 13.7. The molecule has 5 heteroatoms. The van der Waals surface area contributed by atoms with Crippen LogP contribution < -0.4 is 5.32 Å². The first-order valence-corrected chi connectivity index (χ1v) is 7.36. The lowest BCUT2D eigenvalue weighted by Gasteiger charge is -2.62. The third-order valence-electron chi connectivity index (χ3n) is 4.99. The molecule has 0 aromatic carbocycles. The first kappa shape index (κ1) is 18.0. The molecule has 1 N–H and O–H groups in total. The van der Waals surface area contributed by atoms with Crippen LogP contribution in [0.2, 0.25) is 0 Å². The van der Waals surface area contributed by atoms with E-state index < -0.39 is 0 Å². The number of nitrogens with one attached hydrogen (secondary N) is 1. The largest absolute Gasteiger partial charge is 0.380 e. The van der Waals surface area contributed by atoms with Gasteiger partial charge in [-0.25, -0.2) is 0 Å². The molecule has 2 aliphatic rings. The fourth-order valence-electron chi connectivity index (χ4n) is 2.60. The number of hydrogen-bond donors (Lipinski definition) is 1. The minimum absolute atomic E-state index is 0. The third-order valence-corrected chi connectivity index (χ3v) is 4.99. The number of halogens is 1. The van der Waals surface area contributed by atoms with Crippen LogP contribution in [0.4, 0.5) is 0 Å². The summed E-state index contributed by atoms with van der Waals surface area (Å²) in [6.07, 6.45) is 0. The summed E-state index contributed by atoms with van der Waals surface area (Å²) in [4.78, 5) is 7.24. The number of guanidine groups is 1. The summed E-state index contributed by atoms with van der Waals surface area (Å²) < 4.78 is 5.30. The van der Waals surface area contributed by atoms with Crippen molar-refractivity contribution in [2.45, 2.75) is 47.1 Å². The Labute approximate surface area is 140 Å². The quantitative estimate of drug-likeness (QED) is 0.454. The van der Waals surface area contributed by atoms with Gasteiger partial charge in [0.1, 0.15) is 0 Å². The Hall–Kier alpha value is -0.0400. The number of nitrogens with zero attached hydrogens (tertiary/aromatic N) is 2. The molecule has 2 aliphatic heterocycles. The Bertz CT molecular complexity index is 375. The van der Waals surface area contributed by atoms with Crippen LogP contribution in [-0.2, 0) is 4.74 Å². The minimum Gasteiger partial charge on any atom is -0.380 e. The van der Waals surface area contributed by atoms with Gasteiger partial charge in [0.15, 0.2) is 5.96 Å². The highest BCUT2D eigenvalue weighted by molar-refractivity contribution is 14.0. The molecule has 0 aliphatic carbocycles. The van der Waals surface area contributed by atoms with E-state index in [1.807, 2.05) is 0 Å². The molecule has 4 nitrogen and oxygen atoms in total. The second-order valence-corrected chi connectivity index (χ2v) is 7.50. The average molecular weight is 395 g/mol. The van der Waals surface area contributed by atoms with E-state index in [2.05, 4.69) is 51.8 Å². The summed E-state index contributed by atoms with van der Waals surface area (Å²) in [6, 6.07) is 0. The highest BCUT2D eigenvalue weighted by Crippen LogP contribution is 2.46. The predicted molar refractivity (Wildman–Crippen MR) is 94.9 cm³/mol. The molecule has 0 saturated carbocycles. The summed E-state index contributed by atoms with van der Waals surface area (Å²) in [6.45, 7) is 18.1. The van der Waals surface area contributed by atoms with E-state index >= 15 is 0 Å². The van der Waals surface area contributed by atoms with Gasteiger partial charge in [0.2, 0.25) is 0 Å². The van der Waals surface area contributed by atoms with Crippen LogP contribution in [0.1, 0.15) is 41.5 Å². The van der Waals surface area contributed by atoms with E-state index in [4.69, 9.17) is 9.73 Å². The second-order valence-electron chi connectivity index (χ2n) is 7.50. The van der Waals surface area contributed by atoms with Gasteiger partial charge in [-0.1, -0.05) is 20.8 Å². The molecule has 0 spiro atoms. The summed E-state index contributed by atoms with van der Waals surface area (Å²) in [5.41, 5.74) is 0.739. The van der Waals surface area contributed by atoms with Crippen LogP contribution in [-0.4, -0.2) is 49.2 Å². The van der Waals surface area contributed by atoms with Crippen LogP contribution in [0.15, 0.2) is 4.99 Å². The molecule has 0 atom stereocenters. The fourth-order valence-corrected chi connectivity index (χ4v) is 2.60. The van der Waals surface area contributed by atoms with Gasteiger partial charge in [0.05, 0.1) is 19.8 Å². The van der Waals surface area contributed by atoms with Gasteiger partial charge in [-0.3, -0.25) is 4.99 Å². The van der Waals surface area contributed by atoms with Gasteiger partial charge < -0.3 is 15.0 Å². The molecule has 2 rings (SSSR count). The van der Waals surface area contributed by atoms with Crippen LogP contribution in [0.25, 0.3) is 0 Å². The van der Waals surface area contributed by atoms with E-state index in [1.54, 1.807) is 0 Å². The fraction of sp³-hybridized carbons (Fsp3) is 0.933. The van der Waals surface area contributed by atoms with Crippen molar-refractivity contribution in [3.63, 3.8) is 0 Å². The monoisotopic (exact) mass is 395 g/mol. The summed E-state index contributed by atoms with van der Waals surface area (Å²) >= 11 is 0. The highest BCUT2D eigenvalue weighted by Gasteiger charge is 2.53. The Morgan fingerprint density at radius 3 is 2.15 bits per heavy atom. The van der Waals surface area contributed by atoms with E-state index in [1.165, 1.54) is 0 Å². The van der Waals surface area contributed by atoms with Gasteiger partial charge in [0.25, 0.3) is 0 Å². The molecule has 0 radical (unpaired) electrons. The first-order valence-electron chi connectivity index (χ1n) is 7.36. The topological polar surface area (TPSA) is 36.9 Å². The molecule has 20 heavy (non-hydrogen) atoms. The standard InChI is InChI=1S/C15H29N3O.HI/c1-7-16-12(17-8-15(6)10-19-11-15)18-9-13(2,3)14(18,4)5;/h7-11H2,1-6H3,(H,16,17);1H. The SMILES string of the molecule is CCNC(=NCC1(C)COC1)N1CC(C)(C)C1(C)C.I. The van der Waals surface area contributed by atoms with E-state index in [0.717, 1.165) is 38.8 Å². The maximum atomic E-state index is 5.30. The van der Waals surface area contributed by atoms with E-state index in [-0.39, 0.29) is 34.9 Å². The Morgan fingerprint density at radius 1 is 1.20 bits per heavy atom. The summed E-state index contributed by atoms with van der Waals surface area (Å²) in [7, 11) is 0. The van der Waals surface area contributed by atoms with Crippen LogP contribution in [0.3, 0.4) is 0 Å². The Balaban J connectivity index is 0.00000200. The second kappa shape index (κ2) is 5.99. The van der Waals surface area contributed by atoms with Crippen molar-refractivity contribution < 1.29 is 4.74 Å². The summed E-state index contributed by atoms with van der Waals surface area (Å²) in [5, 5.41) is 3.43. The van der Waals surface area contributed by atoms with Gasteiger partial charge >= 0.3 is 0 Å². The number of aliphatic imine (C=N–C) groups is 1. The van der Waals surface area contributed by atoms with Crippen LogP contribution >= 0.6 is 24.0 Å². The van der Waals surface area contributed by atoms with E-state index in [0.29, 0.717) is 5.41 Å². The van der Waals surface area contributed by atoms with Crippen molar-refractivity contribution in [1.29, 1.82) is 0 Å². The zero-order valence-corrected chi connectivity index (χ0v) is 16.1. The molecule has 0 aromatic heterocycles. The number of hydrogen-bond acceptors (Lipinski definition) is 2. The van der Waals surface area contributed by atoms with Crippen molar-refractivity contribution in [3.8, 4) is 0 Å². The lowest BCUT2D eigenvalue weighted by atomic mass is 9.65. The van der Waals surface area contributed by atoms with Gasteiger partial charge in [-0.15, -0.1) is 24.0 Å². The Morgan fingerprint density at radius 2 is 1.80 bits per heavy atom. The van der Waals surface area contributed by atoms with Crippen molar-refractivity contribution in [2.24, 2.45) is 15.8 Å². The molecular formula is C15H30IN3O. The summed E-state index contributed by atoms with van der Waals surface area (Å²) in [5.74, 6) is 1.06. The number of likely N-dealkylation sites (tertiary alicyclic amines) is 1. The van der Waals surface area contributed by atoms with Crippen molar-refractivity contribution in [2.75, 3.05) is 32.8 Å². The lowest BCUT2D eigenvalue weighted by molar-refractivity contribution is -0.0956. The molecule has 0 aromatic rings. The molecule has 2 heterocycles. The maximum Gasteiger partial charge on any atom is 0.194 e. The van der Waals surface area contributed by atoms with Crippen LogP contribution in [0.5, 0.6) is 0 Å². The molecule has 0 unspecified atom stereocenters. The first-order chi connectivity index (χ1) is 8.72. The van der Waals surface area contributed by atoms with Gasteiger partial charge in [-0.05, 0) is 20.8 Å². The highest BCUT2D eigenvalue weighted by atomic mass is 127. The molecule has 0 bridgehead atoms. The molecule has 118 valence electrons.